The van der Waals surface area contributed by atoms with E-state index < -0.39 is 0 Å². The van der Waals surface area contributed by atoms with E-state index in [1.807, 2.05) is 36.4 Å². The molecule has 1 aliphatic heterocycles. The number of rotatable bonds is 4. The van der Waals surface area contributed by atoms with E-state index in [1.54, 1.807) is 22.8 Å². The molecule has 0 saturated heterocycles. The Hall–Kier alpha value is -4.23. The second kappa shape index (κ2) is 10.7. The number of thiazole rings is 1. The molecular formula is C36H24Cl2FN3OS. The van der Waals surface area contributed by atoms with Gasteiger partial charge in [0.1, 0.15) is 5.82 Å². The van der Waals surface area contributed by atoms with Crippen LogP contribution in [-0.2, 0) is 13.0 Å². The Morgan fingerprint density at radius 2 is 1.75 bits per heavy atom. The van der Waals surface area contributed by atoms with Gasteiger partial charge >= 0.3 is 0 Å². The lowest BCUT2D eigenvalue weighted by Crippen LogP contribution is -2.38. The standard InChI is InChI=1S/C36H24Cl2FN3OS/c37-25-13-9-23(30(38)18-25)19-41-20-24(27-6-3-4-8-31(27)41)17-32-35(43)42-34(22-10-14-26(39)15-11-22)29-16-12-21-5-1-2-7-28(21)33(29)40-36(42)44-32/h1-11,13-15,17-18,20,34H,12,16,19H2/b32-17+/t34-/m1/s1. The number of halogens is 3. The molecule has 0 amide bonds. The van der Waals surface area contributed by atoms with Gasteiger partial charge in [0.25, 0.3) is 5.56 Å². The van der Waals surface area contributed by atoms with Crippen molar-refractivity contribution < 1.29 is 4.39 Å². The van der Waals surface area contributed by atoms with E-state index in [0.717, 1.165) is 57.3 Å². The van der Waals surface area contributed by atoms with Gasteiger partial charge in [-0.15, -0.1) is 0 Å². The summed E-state index contributed by atoms with van der Waals surface area (Å²) in [6, 6.07) is 28.1. The molecule has 0 radical (unpaired) electrons. The largest absolute Gasteiger partial charge is 0.342 e. The van der Waals surface area contributed by atoms with Gasteiger partial charge in [-0.25, -0.2) is 9.38 Å². The molecule has 0 unspecified atom stereocenters. The van der Waals surface area contributed by atoms with E-state index in [9.17, 15) is 9.18 Å². The van der Waals surface area contributed by atoms with Crippen molar-refractivity contribution in [3.63, 3.8) is 0 Å². The molecule has 2 aliphatic rings. The topological polar surface area (TPSA) is 39.3 Å². The van der Waals surface area contributed by atoms with Gasteiger partial charge in [0, 0.05) is 44.8 Å². The fraction of sp³-hybridized carbons (Fsp3) is 0.111. The lowest BCUT2D eigenvalue weighted by molar-refractivity contribution is 0.581. The lowest BCUT2D eigenvalue weighted by Gasteiger charge is -2.30. The molecule has 44 heavy (non-hydrogen) atoms. The molecule has 4 nitrogen and oxygen atoms in total. The first-order valence-corrected chi connectivity index (χ1v) is 15.9. The minimum Gasteiger partial charge on any atom is -0.342 e. The summed E-state index contributed by atoms with van der Waals surface area (Å²) in [7, 11) is 0. The summed E-state index contributed by atoms with van der Waals surface area (Å²) in [4.78, 5) is 20.0. The Balaban J connectivity index is 1.31. The number of allylic oxidation sites excluding steroid dienone is 1. The smallest absolute Gasteiger partial charge is 0.271 e. The lowest BCUT2D eigenvalue weighted by atomic mass is 9.83. The number of fused-ring (bicyclic) bond motifs is 4. The maximum absolute atomic E-state index is 14.2. The first-order chi connectivity index (χ1) is 21.4. The van der Waals surface area contributed by atoms with Crippen LogP contribution < -0.4 is 14.9 Å². The Morgan fingerprint density at radius 3 is 2.59 bits per heavy atom. The molecule has 2 aromatic heterocycles. The van der Waals surface area contributed by atoms with Crippen LogP contribution in [0.15, 0.2) is 113 Å². The highest BCUT2D eigenvalue weighted by Crippen LogP contribution is 2.41. The van der Waals surface area contributed by atoms with Crippen molar-refractivity contribution in [1.29, 1.82) is 0 Å². The highest BCUT2D eigenvalue weighted by atomic mass is 35.5. The fourth-order valence-corrected chi connectivity index (χ4v) is 7.92. The molecular weight excluding hydrogens is 612 g/mol. The molecule has 0 spiro atoms. The van der Waals surface area contributed by atoms with E-state index >= 15 is 0 Å². The number of aryl methyl sites for hydroxylation is 1. The third-order valence-electron chi connectivity index (χ3n) is 8.52. The summed E-state index contributed by atoms with van der Waals surface area (Å²) in [5, 5.41) is 2.24. The summed E-state index contributed by atoms with van der Waals surface area (Å²) in [5.74, 6) is -0.305. The highest BCUT2D eigenvalue weighted by Gasteiger charge is 2.32. The molecule has 3 heterocycles. The molecule has 1 atom stereocenters. The summed E-state index contributed by atoms with van der Waals surface area (Å²) < 4.78 is 18.5. The van der Waals surface area contributed by atoms with Crippen LogP contribution in [0.3, 0.4) is 0 Å². The molecule has 216 valence electrons. The zero-order chi connectivity index (χ0) is 29.9. The van der Waals surface area contributed by atoms with Crippen molar-refractivity contribution >= 4 is 57.2 Å². The van der Waals surface area contributed by atoms with Crippen LogP contribution in [0, 0.1) is 5.82 Å². The summed E-state index contributed by atoms with van der Waals surface area (Å²) >= 11 is 14.0. The predicted molar refractivity (Wildman–Crippen MR) is 177 cm³/mol. The van der Waals surface area contributed by atoms with E-state index in [1.165, 1.54) is 29.0 Å². The molecule has 0 saturated carbocycles. The Bertz CT molecular complexity index is 2330. The number of nitrogens with zero attached hydrogens (tertiary/aromatic N) is 3. The first kappa shape index (κ1) is 27.3. The summed E-state index contributed by atoms with van der Waals surface area (Å²) in [6.45, 7) is 0.558. The average molecular weight is 637 g/mol. The van der Waals surface area contributed by atoms with Crippen molar-refractivity contribution in [3.05, 3.63) is 166 Å². The minimum atomic E-state index is -0.356. The number of benzene rings is 4. The molecule has 8 rings (SSSR count). The normalized spacial score (nSPS) is 16.1. The third-order valence-corrected chi connectivity index (χ3v) is 10.1. The zero-order valence-electron chi connectivity index (χ0n) is 23.3. The SMILES string of the molecule is O=c1/c(=C\c2cn(Cc3ccc(Cl)cc3Cl)c3ccccc23)sc2n1[C@H](c1ccc(F)cc1)C1=C(N=2)c2ccccc2CC1. The number of aromatic nitrogens is 2. The van der Waals surface area contributed by atoms with E-state index in [4.69, 9.17) is 28.2 Å². The van der Waals surface area contributed by atoms with Crippen LogP contribution in [0.5, 0.6) is 0 Å². The van der Waals surface area contributed by atoms with Crippen LogP contribution >= 0.6 is 34.5 Å². The minimum absolute atomic E-state index is 0.105. The van der Waals surface area contributed by atoms with Gasteiger partial charge in [-0.3, -0.25) is 9.36 Å². The van der Waals surface area contributed by atoms with Crippen LogP contribution in [0.4, 0.5) is 4.39 Å². The molecule has 0 bridgehead atoms. The van der Waals surface area contributed by atoms with Crippen LogP contribution in [0.2, 0.25) is 10.0 Å². The van der Waals surface area contributed by atoms with E-state index in [0.29, 0.717) is 25.9 Å². The summed E-state index contributed by atoms with van der Waals surface area (Å²) in [6.07, 6.45) is 5.67. The average Bonchev–Trinajstić information content (AvgIpc) is 3.54. The molecule has 8 heteroatoms. The van der Waals surface area contributed by atoms with Gasteiger partial charge < -0.3 is 4.57 Å². The van der Waals surface area contributed by atoms with Crippen molar-refractivity contribution in [2.45, 2.75) is 25.4 Å². The molecule has 0 N–H and O–H groups in total. The van der Waals surface area contributed by atoms with Gasteiger partial charge in [0.15, 0.2) is 4.80 Å². The van der Waals surface area contributed by atoms with Gasteiger partial charge in [-0.05, 0) is 71.5 Å². The van der Waals surface area contributed by atoms with Gasteiger partial charge in [0.2, 0.25) is 0 Å². The summed E-state index contributed by atoms with van der Waals surface area (Å²) in [5.41, 5.74) is 8.05. The van der Waals surface area contributed by atoms with E-state index in [2.05, 4.69) is 41.1 Å². The third kappa shape index (κ3) is 4.56. The predicted octanol–water partition coefficient (Wildman–Crippen LogP) is 7.77. The van der Waals surface area contributed by atoms with Crippen molar-refractivity contribution in [3.8, 4) is 0 Å². The quantitative estimate of drug-likeness (QED) is 0.195. The molecule has 4 aromatic carbocycles. The maximum Gasteiger partial charge on any atom is 0.271 e. The van der Waals surface area contributed by atoms with Crippen molar-refractivity contribution in [1.82, 2.24) is 9.13 Å². The Kier molecular flexibility index (Phi) is 6.67. The van der Waals surface area contributed by atoms with Crippen molar-refractivity contribution in [2.75, 3.05) is 0 Å². The monoisotopic (exact) mass is 635 g/mol. The van der Waals surface area contributed by atoms with Crippen LogP contribution in [-0.4, -0.2) is 9.13 Å². The van der Waals surface area contributed by atoms with Crippen LogP contribution in [0.25, 0.3) is 22.7 Å². The maximum atomic E-state index is 14.2. The first-order valence-electron chi connectivity index (χ1n) is 14.3. The van der Waals surface area contributed by atoms with Gasteiger partial charge in [0.05, 0.1) is 16.3 Å². The Labute approximate surface area is 266 Å². The second-order valence-electron chi connectivity index (χ2n) is 11.1. The number of hydrogen-bond acceptors (Lipinski definition) is 3. The molecule has 6 aromatic rings. The van der Waals surface area contributed by atoms with Crippen LogP contribution in [0.1, 0.15) is 40.3 Å². The van der Waals surface area contributed by atoms with Crippen molar-refractivity contribution in [2.24, 2.45) is 4.99 Å². The molecule has 0 fully saturated rings. The second-order valence-corrected chi connectivity index (χ2v) is 13.0. The fourth-order valence-electron chi connectivity index (χ4n) is 6.46. The number of para-hydroxylation sites is 1. The van der Waals surface area contributed by atoms with E-state index in [-0.39, 0.29) is 17.4 Å². The molecule has 1 aliphatic carbocycles. The Morgan fingerprint density at radius 1 is 0.955 bits per heavy atom. The zero-order valence-corrected chi connectivity index (χ0v) is 25.6. The van der Waals surface area contributed by atoms with Gasteiger partial charge in [-0.2, -0.15) is 0 Å². The van der Waals surface area contributed by atoms with Gasteiger partial charge in [-0.1, -0.05) is 95.2 Å². The number of hydrogen-bond donors (Lipinski definition) is 0. The highest BCUT2D eigenvalue weighted by molar-refractivity contribution is 7.07.